The fraction of sp³-hybridized carbons (Fsp3) is 0.0909. The maximum atomic E-state index is 5.91. The summed E-state index contributed by atoms with van der Waals surface area (Å²) in [6.45, 7) is 0.772. The summed E-state index contributed by atoms with van der Waals surface area (Å²) < 4.78 is 0. The number of rotatable bonds is 3. The van der Waals surface area contributed by atoms with Crippen molar-refractivity contribution in [3.05, 3.63) is 45.6 Å². The molecule has 1 aromatic heterocycles. The van der Waals surface area contributed by atoms with Crippen LogP contribution in [0.5, 0.6) is 0 Å². The van der Waals surface area contributed by atoms with Gasteiger partial charge in [-0.1, -0.05) is 17.7 Å². The lowest BCUT2D eigenvalue weighted by molar-refractivity contribution is 1.17. The lowest BCUT2D eigenvalue weighted by atomic mass is 10.2. The molecule has 0 saturated heterocycles. The van der Waals surface area contributed by atoms with Crippen molar-refractivity contribution in [2.45, 2.75) is 6.54 Å². The largest absolute Gasteiger partial charge is 0.396 e. The third kappa shape index (κ3) is 2.43. The number of hydrogen-bond acceptors (Lipinski definition) is 3. The molecule has 1 aromatic carbocycles. The van der Waals surface area contributed by atoms with Gasteiger partial charge in [0.1, 0.15) is 0 Å². The molecule has 3 N–H and O–H groups in total. The molecule has 0 saturated carbocycles. The molecular weight excluding hydrogens is 228 g/mol. The molecule has 78 valence electrons. The summed E-state index contributed by atoms with van der Waals surface area (Å²) in [5.74, 6) is 0. The van der Waals surface area contributed by atoms with Crippen molar-refractivity contribution in [3.63, 3.8) is 0 Å². The van der Waals surface area contributed by atoms with Crippen LogP contribution in [0.25, 0.3) is 0 Å². The van der Waals surface area contributed by atoms with Gasteiger partial charge in [0, 0.05) is 6.54 Å². The van der Waals surface area contributed by atoms with Crippen molar-refractivity contribution < 1.29 is 0 Å². The van der Waals surface area contributed by atoms with Crippen molar-refractivity contribution in [1.29, 1.82) is 0 Å². The first-order valence-electron chi connectivity index (χ1n) is 4.56. The SMILES string of the molecule is Nc1c(Cl)cccc1NCc1ccsc1. The fourth-order valence-electron chi connectivity index (χ4n) is 1.28. The molecule has 0 unspecified atom stereocenters. The average molecular weight is 239 g/mol. The standard InChI is InChI=1S/C11H11ClN2S/c12-9-2-1-3-10(11(9)13)14-6-8-4-5-15-7-8/h1-5,7,14H,6,13H2. The first-order valence-corrected chi connectivity index (χ1v) is 5.88. The number of anilines is 2. The predicted molar refractivity (Wildman–Crippen MR) is 67.5 cm³/mol. The second kappa shape index (κ2) is 4.55. The van der Waals surface area contributed by atoms with E-state index < -0.39 is 0 Å². The van der Waals surface area contributed by atoms with Gasteiger partial charge in [-0.3, -0.25) is 0 Å². The van der Waals surface area contributed by atoms with E-state index in [1.54, 1.807) is 17.4 Å². The second-order valence-electron chi connectivity index (χ2n) is 3.19. The Kier molecular flexibility index (Phi) is 3.14. The zero-order valence-electron chi connectivity index (χ0n) is 8.03. The first kappa shape index (κ1) is 10.3. The number of nitrogens with one attached hydrogen (secondary N) is 1. The van der Waals surface area contributed by atoms with Crippen molar-refractivity contribution in [2.24, 2.45) is 0 Å². The fourth-order valence-corrected chi connectivity index (χ4v) is 2.12. The zero-order chi connectivity index (χ0) is 10.7. The number of halogens is 1. The Labute approximate surface area is 97.7 Å². The molecule has 0 aliphatic heterocycles. The molecule has 0 atom stereocenters. The van der Waals surface area contributed by atoms with E-state index in [1.807, 2.05) is 12.1 Å². The van der Waals surface area contributed by atoms with Crippen LogP contribution in [-0.4, -0.2) is 0 Å². The Morgan fingerprint density at radius 1 is 1.33 bits per heavy atom. The molecular formula is C11H11ClN2S. The molecule has 0 fully saturated rings. The summed E-state index contributed by atoms with van der Waals surface area (Å²) >= 11 is 7.60. The van der Waals surface area contributed by atoms with Gasteiger partial charge in [0.05, 0.1) is 16.4 Å². The van der Waals surface area contributed by atoms with Gasteiger partial charge in [-0.25, -0.2) is 0 Å². The van der Waals surface area contributed by atoms with E-state index in [4.69, 9.17) is 17.3 Å². The van der Waals surface area contributed by atoms with Gasteiger partial charge in [0.25, 0.3) is 0 Å². The van der Waals surface area contributed by atoms with Crippen LogP contribution in [0.1, 0.15) is 5.56 Å². The Hall–Kier alpha value is -1.19. The van der Waals surface area contributed by atoms with E-state index in [9.17, 15) is 0 Å². The van der Waals surface area contributed by atoms with Crippen molar-refractivity contribution >= 4 is 34.3 Å². The summed E-state index contributed by atoms with van der Waals surface area (Å²) in [6, 6.07) is 7.67. The van der Waals surface area contributed by atoms with E-state index in [1.165, 1.54) is 5.56 Å². The van der Waals surface area contributed by atoms with Gasteiger partial charge in [-0.2, -0.15) is 11.3 Å². The number of nitrogen functional groups attached to an aromatic ring is 1. The van der Waals surface area contributed by atoms with Gasteiger partial charge < -0.3 is 11.1 Å². The van der Waals surface area contributed by atoms with E-state index in [-0.39, 0.29) is 0 Å². The van der Waals surface area contributed by atoms with Crippen LogP contribution in [0, 0.1) is 0 Å². The lowest BCUT2D eigenvalue weighted by Gasteiger charge is -2.09. The minimum atomic E-state index is 0.588. The molecule has 0 radical (unpaired) electrons. The molecule has 4 heteroatoms. The molecule has 0 bridgehead atoms. The minimum absolute atomic E-state index is 0.588. The number of thiophene rings is 1. The monoisotopic (exact) mass is 238 g/mol. The molecule has 1 heterocycles. The van der Waals surface area contributed by atoms with E-state index >= 15 is 0 Å². The molecule has 2 rings (SSSR count). The second-order valence-corrected chi connectivity index (χ2v) is 4.37. The third-order valence-corrected chi connectivity index (χ3v) is 3.18. The smallest absolute Gasteiger partial charge is 0.0739 e. The highest BCUT2D eigenvalue weighted by Gasteiger charge is 2.02. The summed E-state index contributed by atoms with van der Waals surface area (Å²) in [5.41, 5.74) is 8.57. The first-order chi connectivity index (χ1) is 7.27. The van der Waals surface area contributed by atoms with Crippen molar-refractivity contribution in [1.82, 2.24) is 0 Å². The summed E-state index contributed by atoms with van der Waals surface area (Å²) in [7, 11) is 0. The van der Waals surface area contributed by atoms with Crippen LogP contribution < -0.4 is 11.1 Å². The Morgan fingerprint density at radius 2 is 2.20 bits per heavy atom. The normalized spacial score (nSPS) is 10.2. The molecule has 0 spiro atoms. The maximum absolute atomic E-state index is 5.91. The highest BCUT2D eigenvalue weighted by Crippen LogP contribution is 2.27. The Bertz CT molecular complexity index is 440. The summed E-state index contributed by atoms with van der Waals surface area (Å²) in [4.78, 5) is 0. The van der Waals surface area contributed by atoms with Gasteiger partial charge in [0.15, 0.2) is 0 Å². The minimum Gasteiger partial charge on any atom is -0.396 e. The van der Waals surface area contributed by atoms with Crippen LogP contribution in [0.15, 0.2) is 35.0 Å². The van der Waals surface area contributed by atoms with Crippen LogP contribution in [0.3, 0.4) is 0 Å². The lowest BCUT2D eigenvalue weighted by Crippen LogP contribution is -2.01. The average Bonchev–Trinajstić information content (AvgIpc) is 2.73. The maximum Gasteiger partial charge on any atom is 0.0739 e. The van der Waals surface area contributed by atoms with Crippen molar-refractivity contribution in [3.8, 4) is 0 Å². The molecule has 15 heavy (non-hydrogen) atoms. The van der Waals surface area contributed by atoms with Crippen LogP contribution in [0.4, 0.5) is 11.4 Å². The molecule has 0 aliphatic carbocycles. The Balaban J connectivity index is 2.08. The van der Waals surface area contributed by atoms with Crippen LogP contribution in [-0.2, 0) is 6.54 Å². The van der Waals surface area contributed by atoms with Gasteiger partial charge in [-0.15, -0.1) is 0 Å². The van der Waals surface area contributed by atoms with Crippen LogP contribution >= 0.6 is 22.9 Å². The summed E-state index contributed by atoms with van der Waals surface area (Å²) in [6.07, 6.45) is 0. The number of hydrogen-bond donors (Lipinski definition) is 2. The van der Waals surface area contributed by atoms with E-state index in [0.717, 1.165) is 12.2 Å². The summed E-state index contributed by atoms with van der Waals surface area (Å²) in [5, 5.41) is 8.00. The zero-order valence-corrected chi connectivity index (χ0v) is 9.61. The van der Waals surface area contributed by atoms with Gasteiger partial charge in [-0.05, 0) is 34.5 Å². The Morgan fingerprint density at radius 3 is 2.93 bits per heavy atom. The topological polar surface area (TPSA) is 38.0 Å². The van der Waals surface area contributed by atoms with Gasteiger partial charge in [0.2, 0.25) is 0 Å². The molecule has 0 aliphatic rings. The van der Waals surface area contributed by atoms with Gasteiger partial charge >= 0.3 is 0 Å². The highest BCUT2D eigenvalue weighted by molar-refractivity contribution is 7.07. The van der Waals surface area contributed by atoms with E-state index in [2.05, 4.69) is 22.1 Å². The molecule has 2 nitrogen and oxygen atoms in total. The van der Waals surface area contributed by atoms with E-state index in [0.29, 0.717) is 10.7 Å². The number of benzene rings is 1. The van der Waals surface area contributed by atoms with Crippen LogP contribution in [0.2, 0.25) is 5.02 Å². The quantitative estimate of drug-likeness (QED) is 0.802. The predicted octanol–water partition coefficient (Wildman–Crippen LogP) is 3.60. The number of para-hydroxylation sites is 1. The molecule has 0 amide bonds. The molecule has 2 aromatic rings. The third-order valence-electron chi connectivity index (χ3n) is 2.12. The van der Waals surface area contributed by atoms with Crippen molar-refractivity contribution in [2.75, 3.05) is 11.1 Å². The highest BCUT2D eigenvalue weighted by atomic mass is 35.5. The number of nitrogens with two attached hydrogens (primary N) is 1.